The summed E-state index contributed by atoms with van der Waals surface area (Å²) in [5.41, 5.74) is 1.45. The maximum atomic E-state index is 5.94. The summed E-state index contributed by atoms with van der Waals surface area (Å²) < 4.78 is 0.941. The summed E-state index contributed by atoms with van der Waals surface area (Å²) in [6.07, 6.45) is 3.59. The minimum atomic E-state index is 0.656. The molecule has 0 bridgehead atoms. The molecule has 0 aromatic carbocycles. The van der Waals surface area contributed by atoms with E-state index in [1.54, 1.807) is 11.3 Å². The van der Waals surface area contributed by atoms with Crippen LogP contribution in [0.1, 0.15) is 16.9 Å². The van der Waals surface area contributed by atoms with Crippen LogP contribution in [0.25, 0.3) is 0 Å². The van der Waals surface area contributed by atoms with Gasteiger partial charge in [0, 0.05) is 10.9 Å². The molecule has 0 unspecified atom stereocenters. The molecule has 1 nitrogen and oxygen atoms in total. The molecule has 1 aliphatic rings. The number of fused-ring (bicyclic) bond motifs is 1. The Labute approximate surface area is 81.7 Å². The molecule has 0 fully saturated rings. The van der Waals surface area contributed by atoms with Gasteiger partial charge < -0.3 is 5.32 Å². The third kappa shape index (κ3) is 1.51. The third-order valence-electron chi connectivity index (χ3n) is 2.46. The van der Waals surface area contributed by atoms with Crippen molar-refractivity contribution < 1.29 is 0 Å². The molecule has 1 aromatic heterocycles. The number of hydrogen-bond donors (Lipinski definition) is 1. The van der Waals surface area contributed by atoms with E-state index < -0.39 is 0 Å². The van der Waals surface area contributed by atoms with Crippen molar-refractivity contribution in [2.45, 2.75) is 25.3 Å². The van der Waals surface area contributed by atoms with Crippen LogP contribution in [0.4, 0.5) is 0 Å². The van der Waals surface area contributed by atoms with Crippen LogP contribution in [0.2, 0.25) is 4.34 Å². The van der Waals surface area contributed by atoms with Gasteiger partial charge in [0.05, 0.1) is 4.34 Å². The summed E-state index contributed by atoms with van der Waals surface area (Å²) in [4.78, 5) is 1.49. The number of rotatable bonds is 1. The van der Waals surface area contributed by atoms with E-state index in [9.17, 15) is 0 Å². The van der Waals surface area contributed by atoms with Crippen molar-refractivity contribution in [2.24, 2.45) is 0 Å². The lowest BCUT2D eigenvalue weighted by atomic mass is 9.95. The highest BCUT2D eigenvalue weighted by Gasteiger charge is 2.19. The first-order valence-corrected chi connectivity index (χ1v) is 5.43. The van der Waals surface area contributed by atoms with Gasteiger partial charge in [0.2, 0.25) is 0 Å². The predicted octanol–water partition coefficient (Wildman–Crippen LogP) is 2.48. The minimum Gasteiger partial charge on any atom is -0.317 e. The second-order valence-electron chi connectivity index (χ2n) is 3.23. The zero-order chi connectivity index (χ0) is 8.55. The summed E-state index contributed by atoms with van der Waals surface area (Å²) in [6.45, 7) is 0. The number of aryl methyl sites for hydroxylation is 1. The number of nitrogens with one attached hydrogen (secondary N) is 1. The number of likely N-dealkylation sites (N-methyl/N-ethyl adjacent to an activating group) is 1. The molecule has 1 aliphatic carbocycles. The third-order valence-corrected chi connectivity index (χ3v) is 3.83. The first-order valence-electron chi connectivity index (χ1n) is 4.24. The lowest BCUT2D eigenvalue weighted by Crippen LogP contribution is -2.30. The Bertz CT molecular complexity index is 282. The van der Waals surface area contributed by atoms with Crippen molar-refractivity contribution in [3.05, 3.63) is 20.8 Å². The zero-order valence-electron chi connectivity index (χ0n) is 7.06. The second-order valence-corrected chi connectivity index (χ2v) is 5.00. The van der Waals surface area contributed by atoms with Gasteiger partial charge in [0.25, 0.3) is 0 Å². The van der Waals surface area contributed by atoms with Gasteiger partial charge in [-0.25, -0.2) is 0 Å². The molecule has 0 aliphatic heterocycles. The molecule has 0 spiro atoms. The first kappa shape index (κ1) is 8.54. The molecule has 1 aromatic rings. The number of thiophene rings is 1. The van der Waals surface area contributed by atoms with Crippen LogP contribution in [-0.4, -0.2) is 13.1 Å². The molecule has 1 atom stereocenters. The normalized spacial score (nSPS) is 22.3. The van der Waals surface area contributed by atoms with Crippen LogP contribution in [0.3, 0.4) is 0 Å². The van der Waals surface area contributed by atoms with Gasteiger partial charge in [0.15, 0.2) is 0 Å². The van der Waals surface area contributed by atoms with E-state index in [1.165, 1.54) is 23.3 Å². The van der Waals surface area contributed by atoms with E-state index in [0.717, 1.165) is 10.8 Å². The highest BCUT2D eigenvalue weighted by Crippen LogP contribution is 2.32. The van der Waals surface area contributed by atoms with Crippen LogP contribution < -0.4 is 5.32 Å². The molecule has 3 heteroatoms. The fourth-order valence-electron chi connectivity index (χ4n) is 1.73. The maximum absolute atomic E-state index is 5.94. The molecule has 0 saturated heterocycles. The van der Waals surface area contributed by atoms with E-state index >= 15 is 0 Å². The zero-order valence-corrected chi connectivity index (χ0v) is 8.63. The quantitative estimate of drug-likeness (QED) is 0.736. The van der Waals surface area contributed by atoms with Crippen molar-refractivity contribution in [3.63, 3.8) is 0 Å². The molecule has 2 rings (SSSR count). The Kier molecular flexibility index (Phi) is 2.40. The molecular weight excluding hydrogens is 190 g/mol. The molecule has 12 heavy (non-hydrogen) atoms. The summed E-state index contributed by atoms with van der Waals surface area (Å²) in [6, 6.07) is 2.77. The molecule has 66 valence electrons. The molecule has 0 saturated carbocycles. The van der Waals surface area contributed by atoms with Crippen molar-refractivity contribution >= 4 is 22.9 Å². The molecule has 1 N–H and O–H groups in total. The van der Waals surface area contributed by atoms with E-state index in [1.807, 2.05) is 7.05 Å². The van der Waals surface area contributed by atoms with Gasteiger partial charge >= 0.3 is 0 Å². The topological polar surface area (TPSA) is 12.0 Å². The van der Waals surface area contributed by atoms with Gasteiger partial charge in [-0.15, -0.1) is 11.3 Å². The summed E-state index contributed by atoms with van der Waals surface area (Å²) >= 11 is 7.68. The van der Waals surface area contributed by atoms with Crippen molar-refractivity contribution in [1.29, 1.82) is 0 Å². The second kappa shape index (κ2) is 3.36. The van der Waals surface area contributed by atoms with Crippen molar-refractivity contribution in [3.8, 4) is 0 Å². The van der Waals surface area contributed by atoms with Gasteiger partial charge in [0.1, 0.15) is 0 Å². The predicted molar refractivity (Wildman–Crippen MR) is 54.2 cm³/mol. The van der Waals surface area contributed by atoms with Gasteiger partial charge in [-0.1, -0.05) is 11.6 Å². The van der Waals surface area contributed by atoms with Crippen LogP contribution in [0, 0.1) is 0 Å². The Morgan fingerprint density at radius 1 is 1.67 bits per heavy atom. The Hall–Kier alpha value is -0.0500. The van der Waals surface area contributed by atoms with Crippen LogP contribution in [0.5, 0.6) is 0 Å². The number of halogens is 1. The lowest BCUT2D eigenvalue weighted by molar-refractivity contribution is 0.500. The monoisotopic (exact) mass is 201 g/mol. The molecule has 0 amide bonds. The van der Waals surface area contributed by atoms with Crippen LogP contribution in [0.15, 0.2) is 6.07 Å². The lowest BCUT2D eigenvalue weighted by Gasteiger charge is -2.20. The number of hydrogen-bond acceptors (Lipinski definition) is 2. The van der Waals surface area contributed by atoms with Crippen LogP contribution >= 0.6 is 22.9 Å². The SMILES string of the molecule is CN[C@@H]1CCc2sc(Cl)cc2C1. The van der Waals surface area contributed by atoms with Crippen LogP contribution in [-0.2, 0) is 12.8 Å². The fraction of sp³-hybridized carbons (Fsp3) is 0.556. The van der Waals surface area contributed by atoms with Crippen molar-refractivity contribution in [2.75, 3.05) is 7.05 Å². The standard InChI is InChI=1S/C9H12ClNS/c1-11-7-2-3-8-6(4-7)5-9(10)12-8/h5,7,11H,2-4H2,1H3/t7-/m1/s1. The first-order chi connectivity index (χ1) is 5.79. The Balaban J connectivity index is 2.22. The highest BCUT2D eigenvalue weighted by molar-refractivity contribution is 7.16. The smallest absolute Gasteiger partial charge is 0.0934 e. The Morgan fingerprint density at radius 3 is 3.25 bits per heavy atom. The van der Waals surface area contributed by atoms with Gasteiger partial charge in [-0.05, 0) is 37.9 Å². The van der Waals surface area contributed by atoms with Crippen molar-refractivity contribution in [1.82, 2.24) is 5.32 Å². The summed E-state index contributed by atoms with van der Waals surface area (Å²) in [5, 5.41) is 3.32. The summed E-state index contributed by atoms with van der Waals surface area (Å²) in [7, 11) is 2.03. The maximum Gasteiger partial charge on any atom is 0.0934 e. The molecule has 1 heterocycles. The van der Waals surface area contributed by atoms with E-state index in [2.05, 4.69) is 11.4 Å². The molecule has 0 radical (unpaired) electrons. The molecular formula is C9H12ClNS. The van der Waals surface area contributed by atoms with E-state index in [0.29, 0.717) is 6.04 Å². The fourth-order valence-corrected chi connectivity index (χ4v) is 3.07. The minimum absolute atomic E-state index is 0.656. The Morgan fingerprint density at radius 2 is 2.50 bits per heavy atom. The summed E-state index contributed by atoms with van der Waals surface area (Å²) in [5.74, 6) is 0. The van der Waals surface area contributed by atoms with Gasteiger partial charge in [-0.3, -0.25) is 0 Å². The van der Waals surface area contributed by atoms with E-state index in [4.69, 9.17) is 11.6 Å². The van der Waals surface area contributed by atoms with Gasteiger partial charge in [-0.2, -0.15) is 0 Å². The van der Waals surface area contributed by atoms with E-state index in [-0.39, 0.29) is 0 Å². The average Bonchev–Trinajstić information content (AvgIpc) is 2.43. The largest absolute Gasteiger partial charge is 0.317 e. The average molecular weight is 202 g/mol. The highest BCUT2D eigenvalue weighted by atomic mass is 35.5.